The van der Waals surface area contributed by atoms with Crippen molar-refractivity contribution < 1.29 is 28.6 Å². The molecule has 148 valence electrons. The number of esters is 3. The molecule has 6 nitrogen and oxygen atoms in total. The van der Waals surface area contributed by atoms with Crippen molar-refractivity contribution in [2.75, 3.05) is 0 Å². The lowest BCUT2D eigenvalue weighted by Crippen LogP contribution is -2.59. The van der Waals surface area contributed by atoms with Crippen molar-refractivity contribution in [3.05, 3.63) is 12.2 Å². The number of allylic oxidation sites excluding steroid dienone is 1. The zero-order chi connectivity index (χ0) is 20.1. The Morgan fingerprint density at radius 2 is 1.92 bits per heavy atom. The third-order valence-corrected chi connectivity index (χ3v) is 4.71. The Morgan fingerprint density at radius 3 is 2.38 bits per heavy atom. The first-order valence-electron chi connectivity index (χ1n) is 9.15. The molecule has 1 heterocycles. The minimum atomic E-state index is -1.30. The predicted octanol–water partition coefficient (Wildman–Crippen LogP) is 3.57. The van der Waals surface area contributed by atoms with E-state index in [4.69, 9.17) is 14.2 Å². The molecule has 1 fully saturated rings. The van der Waals surface area contributed by atoms with E-state index in [1.807, 2.05) is 33.8 Å². The summed E-state index contributed by atoms with van der Waals surface area (Å²) in [5.41, 5.74) is -1.60. The number of hydrogen-bond donors (Lipinski definition) is 0. The Bertz CT molecular complexity index is 559. The summed E-state index contributed by atoms with van der Waals surface area (Å²) in [4.78, 5) is 36.3. The standard InChI is InChI=1S/C20H32O6/c1-8-9-10-11-15(24-13(2)21)20(7)17(25-14(3)22)12-16(19(4,5)6)26-18(20)23/h10-11,15-17H,8-9,12H2,1-7H3. The van der Waals surface area contributed by atoms with E-state index in [0.717, 1.165) is 12.8 Å². The Labute approximate surface area is 156 Å². The first-order chi connectivity index (χ1) is 11.9. The Hall–Kier alpha value is -1.85. The molecule has 0 spiro atoms. The summed E-state index contributed by atoms with van der Waals surface area (Å²) >= 11 is 0. The quantitative estimate of drug-likeness (QED) is 0.405. The molecule has 0 saturated carbocycles. The molecule has 4 unspecified atom stereocenters. The van der Waals surface area contributed by atoms with Crippen molar-refractivity contribution in [2.45, 2.75) is 86.0 Å². The Morgan fingerprint density at radius 1 is 1.31 bits per heavy atom. The highest BCUT2D eigenvalue weighted by molar-refractivity contribution is 5.81. The highest BCUT2D eigenvalue weighted by Crippen LogP contribution is 2.43. The van der Waals surface area contributed by atoms with Crippen molar-refractivity contribution in [2.24, 2.45) is 10.8 Å². The van der Waals surface area contributed by atoms with Gasteiger partial charge in [-0.15, -0.1) is 0 Å². The Kier molecular flexibility index (Phi) is 7.42. The molecule has 0 aromatic rings. The second kappa shape index (κ2) is 8.69. The second-order valence-corrected chi connectivity index (χ2v) is 8.12. The van der Waals surface area contributed by atoms with Crippen molar-refractivity contribution in [1.29, 1.82) is 0 Å². The molecule has 0 aromatic carbocycles. The number of ether oxygens (including phenoxy) is 3. The zero-order valence-electron chi connectivity index (χ0n) is 17.0. The fourth-order valence-corrected chi connectivity index (χ4v) is 3.00. The molecule has 0 bridgehead atoms. The minimum absolute atomic E-state index is 0.301. The SMILES string of the molecule is CCCC=CC(OC(C)=O)C1(C)C(=O)OC(C(C)(C)C)CC1OC(C)=O. The van der Waals surface area contributed by atoms with Gasteiger partial charge < -0.3 is 14.2 Å². The maximum absolute atomic E-state index is 13.0. The monoisotopic (exact) mass is 368 g/mol. The maximum Gasteiger partial charge on any atom is 0.320 e. The third kappa shape index (κ3) is 5.32. The summed E-state index contributed by atoms with van der Waals surface area (Å²) < 4.78 is 16.6. The van der Waals surface area contributed by atoms with E-state index in [2.05, 4.69) is 0 Å². The summed E-state index contributed by atoms with van der Waals surface area (Å²) in [7, 11) is 0. The second-order valence-electron chi connectivity index (χ2n) is 8.12. The van der Waals surface area contributed by atoms with Crippen molar-refractivity contribution >= 4 is 17.9 Å². The van der Waals surface area contributed by atoms with Gasteiger partial charge in [-0.1, -0.05) is 40.2 Å². The van der Waals surface area contributed by atoms with Gasteiger partial charge in [0.2, 0.25) is 0 Å². The summed E-state index contributed by atoms with van der Waals surface area (Å²) in [6.45, 7) is 12.1. The lowest BCUT2D eigenvalue weighted by Gasteiger charge is -2.47. The summed E-state index contributed by atoms with van der Waals surface area (Å²) in [6.07, 6.45) is 3.60. The molecule has 6 heteroatoms. The molecule has 26 heavy (non-hydrogen) atoms. The zero-order valence-corrected chi connectivity index (χ0v) is 17.0. The normalized spacial score (nSPS) is 27.7. The van der Waals surface area contributed by atoms with Gasteiger partial charge in [0.05, 0.1) is 0 Å². The number of carbonyl (C=O) groups is 3. The van der Waals surface area contributed by atoms with Gasteiger partial charge in [0.25, 0.3) is 0 Å². The summed E-state index contributed by atoms with van der Waals surface area (Å²) in [5.74, 6) is -1.52. The first kappa shape index (κ1) is 22.2. The van der Waals surface area contributed by atoms with E-state index in [0.29, 0.717) is 6.42 Å². The van der Waals surface area contributed by atoms with Gasteiger partial charge in [0, 0.05) is 20.3 Å². The molecule has 0 N–H and O–H groups in total. The number of unbranched alkanes of at least 4 members (excludes halogenated alkanes) is 1. The molecule has 0 radical (unpaired) electrons. The van der Waals surface area contributed by atoms with Crippen LogP contribution < -0.4 is 0 Å². The summed E-state index contributed by atoms with van der Waals surface area (Å²) in [6, 6.07) is 0. The van der Waals surface area contributed by atoms with Crippen LogP contribution >= 0.6 is 0 Å². The molecule has 0 amide bonds. The van der Waals surface area contributed by atoms with Crippen LogP contribution in [0.1, 0.15) is 67.7 Å². The highest BCUT2D eigenvalue weighted by atomic mass is 16.6. The molecule has 1 rings (SSSR count). The van der Waals surface area contributed by atoms with Gasteiger partial charge in [-0.3, -0.25) is 14.4 Å². The van der Waals surface area contributed by atoms with E-state index in [-0.39, 0.29) is 5.41 Å². The van der Waals surface area contributed by atoms with Crippen molar-refractivity contribution in [3.8, 4) is 0 Å². The smallest absolute Gasteiger partial charge is 0.320 e. The van der Waals surface area contributed by atoms with Gasteiger partial charge >= 0.3 is 17.9 Å². The van der Waals surface area contributed by atoms with Crippen LogP contribution in [-0.2, 0) is 28.6 Å². The van der Waals surface area contributed by atoms with Gasteiger partial charge in [-0.25, -0.2) is 0 Å². The van der Waals surface area contributed by atoms with Crippen LogP contribution in [0, 0.1) is 10.8 Å². The minimum Gasteiger partial charge on any atom is -0.461 e. The van der Waals surface area contributed by atoms with Crippen LogP contribution in [0.4, 0.5) is 0 Å². The molecule has 1 aliphatic rings. The number of rotatable bonds is 6. The van der Waals surface area contributed by atoms with Crippen molar-refractivity contribution in [1.82, 2.24) is 0 Å². The van der Waals surface area contributed by atoms with Crippen molar-refractivity contribution in [3.63, 3.8) is 0 Å². The highest BCUT2D eigenvalue weighted by Gasteiger charge is 2.57. The lowest BCUT2D eigenvalue weighted by molar-refractivity contribution is -0.212. The molecule has 1 aliphatic heterocycles. The Balaban J connectivity index is 3.30. The topological polar surface area (TPSA) is 78.9 Å². The maximum atomic E-state index is 13.0. The number of carbonyl (C=O) groups excluding carboxylic acids is 3. The molecule has 1 saturated heterocycles. The van der Waals surface area contributed by atoms with Crippen LogP contribution in [0.3, 0.4) is 0 Å². The van der Waals surface area contributed by atoms with Crippen LogP contribution in [0.5, 0.6) is 0 Å². The molecule has 0 aromatic heterocycles. The van der Waals surface area contributed by atoms with E-state index in [9.17, 15) is 14.4 Å². The molecular formula is C20H32O6. The van der Waals surface area contributed by atoms with Crippen LogP contribution in [0.2, 0.25) is 0 Å². The number of hydrogen-bond acceptors (Lipinski definition) is 6. The lowest BCUT2D eigenvalue weighted by atomic mass is 9.71. The van der Waals surface area contributed by atoms with E-state index in [1.54, 1.807) is 13.0 Å². The molecule has 0 aliphatic carbocycles. The first-order valence-corrected chi connectivity index (χ1v) is 9.15. The molecule has 4 atom stereocenters. The van der Waals surface area contributed by atoms with Gasteiger partial charge in [0.15, 0.2) is 0 Å². The largest absolute Gasteiger partial charge is 0.461 e. The average molecular weight is 368 g/mol. The molecular weight excluding hydrogens is 336 g/mol. The number of cyclic esters (lactones) is 1. The van der Waals surface area contributed by atoms with E-state index >= 15 is 0 Å². The van der Waals surface area contributed by atoms with Gasteiger partial charge in [0.1, 0.15) is 23.7 Å². The average Bonchev–Trinajstić information content (AvgIpc) is 2.49. The van der Waals surface area contributed by atoms with Gasteiger partial charge in [-0.2, -0.15) is 0 Å². The van der Waals surface area contributed by atoms with Crippen LogP contribution in [0.15, 0.2) is 12.2 Å². The van der Waals surface area contributed by atoms with Crippen LogP contribution in [0.25, 0.3) is 0 Å². The summed E-state index contributed by atoms with van der Waals surface area (Å²) in [5, 5.41) is 0. The van der Waals surface area contributed by atoms with E-state index < -0.39 is 41.6 Å². The van der Waals surface area contributed by atoms with Gasteiger partial charge in [-0.05, 0) is 24.8 Å². The van der Waals surface area contributed by atoms with E-state index in [1.165, 1.54) is 13.8 Å². The fourth-order valence-electron chi connectivity index (χ4n) is 3.00. The predicted molar refractivity (Wildman–Crippen MR) is 97.2 cm³/mol. The fraction of sp³-hybridized carbons (Fsp3) is 0.750. The van der Waals surface area contributed by atoms with Crippen LogP contribution in [-0.4, -0.2) is 36.2 Å². The third-order valence-electron chi connectivity index (χ3n) is 4.71.